The van der Waals surface area contributed by atoms with E-state index in [-0.39, 0.29) is 24.7 Å². The molecule has 150 valence electrons. The summed E-state index contributed by atoms with van der Waals surface area (Å²) in [7, 11) is 0. The molecule has 0 atom stereocenters. The smallest absolute Gasteiger partial charge is 0.369 e. The summed E-state index contributed by atoms with van der Waals surface area (Å²) < 4.78 is 37.7. The van der Waals surface area contributed by atoms with E-state index in [2.05, 4.69) is 5.32 Å². The summed E-state index contributed by atoms with van der Waals surface area (Å²) in [6, 6.07) is 4.25. The lowest BCUT2D eigenvalue weighted by Gasteiger charge is -2.26. The third-order valence-corrected chi connectivity index (χ3v) is 4.82. The fourth-order valence-corrected chi connectivity index (χ4v) is 3.42. The summed E-state index contributed by atoms with van der Waals surface area (Å²) in [5.74, 6) is -0.298. The standard InChI is InChI=1S/C19H26F3N3O2/c20-19(21,22)15-6-8-16(9-7-15)24-18(27)13-25(12-17(23)26)11-10-14-4-2-1-3-5-14/h6-9,14H,1-5,10-13H2,(H2,23,26)(H,24,27). The second-order valence-corrected chi connectivity index (χ2v) is 7.09. The number of anilines is 1. The number of rotatable bonds is 8. The molecule has 0 radical (unpaired) electrons. The minimum Gasteiger partial charge on any atom is -0.369 e. The molecule has 8 heteroatoms. The molecule has 1 aliphatic rings. The van der Waals surface area contributed by atoms with Crippen molar-refractivity contribution in [1.29, 1.82) is 0 Å². The first-order chi connectivity index (χ1) is 12.7. The molecule has 0 aromatic heterocycles. The summed E-state index contributed by atoms with van der Waals surface area (Å²) >= 11 is 0. The molecule has 0 bridgehead atoms. The van der Waals surface area contributed by atoms with Gasteiger partial charge in [0.25, 0.3) is 0 Å². The van der Waals surface area contributed by atoms with E-state index in [0.717, 1.165) is 18.6 Å². The molecule has 1 aromatic carbocycles. The molecule has 0 spiro atoms. The first kappa shape index (κ1) is 21.2. The highest BCUT2D eigenvalue weighted by molar-refractivity contribution is 5.92. The van der Waals surface area contributed by atoms with Crippen LogP contribution in [0.1, 0.15) is 44.1 Å². The van der Waals surface area contributed by atoms with E-state index in [9.17, 15) is 22.8 Å². The quantitative estimate of drug-likeness (QED) is 0.720. The highest BCUT2D eigenvalue weighted by atomic mass is 19.4. The highest BCUT2D eigenvalue weighted by Crippen LogP contribution is 2.30. The minimum atomic E-state index is -4.42. The number of benzene rings is 1. The van der Waals surface area contributed by atoms with Gasteiger partial charge in [0.1, 0.15) is 0 Å². The van der Waals surface area contributed by atoms with Crippen LogP contribution in [0, 0.1) is 5.92 Å². The summed E-state index contributed by atoms with van der Waals surface area (Å²) in [5, 5.41) is 2.56. The Morgan fingerprint density at radius 3 is 2.26 bits per heavy atom. The van der Waals surface area contributed by atoms with Crippen LogP contribution >= 0.6 is 0 Å². The van der Waals surface area contributed by atoms with Crippen molar-refractivity contribution in [2.24, 2.45) is 11.7 Å². The molecular formula is C19H26F3N3O2. The zero-order valence-corrected chi connectivity index (χ0v) is 15.2. The Hall–Kier alpha value is -2.09. The van der Waals surface area contributed by atoms with Crippen LogP contribution in [0.5, 0.6) is 0 Å². The number of halogens is 3. The van der Waals surface area contributed by atoms with Crippen LogP contribution in [-0.2, 0) is 15.8 Å². The first-order valence-corrected chi connectivity index (χ1v) is 9.22. The first-order valence-electron chi connectivity index (χ1n) is 9.22. The molecule has 27 heavy (non-hydrogen) atoms. The largest absolute Gasteiger partial charge is 0.416 e. The number of carbonyl (C=O) groups excluding carboxylic acids is 2. The average Bonchev–Trinajstić information content (AvgIpc) is 2.60. The molecule has 0 heterocycles. The normalized spacial score (nSPS) is 15.7. The van der Waals surface area contributed by atoms with Crippen LogP contribution in [0.3, 0.4) is 0 Å². The predicted octanol–water partition coefficient (Wildman–Crippen LogP) is 3.40. The van der Waals surface area contributed by atoms with Gasteiger partial charge in [-0.2, -0.15) is 13.2 Å². The van der Waals surface area contributed by atoms with E-state index in [1.165, 1.54) is 44.2 Å². The number of nitrogens with zero attached hydrogens (tertiary/aromatic N) is 1. The van der Waals surface area contributed by atoms with E-state index >= 15 is 0 Å². The Labute approximate surface area is 157 Å². The van der Waals surface area contributed by atoms with Gasteiger partial charge in [-0.15, -0.1) is 0 Å². The van der Waals surface area contributed by atoms with Crippen LogP contribution in [-0.4, -0.2) is 36.3 Å². The predicted molar refractivity (Wildman–Crippen MR) is 96.9 cm³/mol. The number of amides is 2. The van der Waals surface area contributed by atoms with Gasteiger partial charge in [0.15, 0.2) is 0 Å². The summed E-state index contributed by atoms with van der Waals surface area (Å²) in [5.41, 5.74) is 4.77. The summed E-state index contributed by atoms with van der Waals surface area (Å²) in [4.78, 5) is 25.2. The van der Waals surface area contributed by atoms with E-state index in [1.807, 2.05) is 0 Å². The second-order valence-electron chi connectivity index (χ2n) is 7.09. The van der Waals surface area contributed by atoms with Crippen molar-refractivity contribution < 1.29 is 22.8 Å². The molecule has 0 saturated heterocycles. The monoisotopic (exact) mass is 385 g/mol. The van der Waals surface area contributed by atoms with Crippen molar-refractivity contribution in [3.63, 3.8) is 0 Å². The zero-order valence-electron chi connectivity index (χ0n) is 15.2. The average molecular weight is 385 g/mol. The molecule has 2 amide bonds. The Morgan fingerprint density at radius 1 is 1.07 bits per heavy atom. The highest BCUT2D eigenvalue weighted by Gasteiger charge is 2.30. The Bertz CT molecular complexity index is 626. The fourth-order valence-electron chi connectivity index (χ4n) is 3.42. The van der Waals surface area contributed by atoms with Gasteiger partial charge in [0, 0.05) is 5.69 Å². The van der Waals surface area contributed by atoms with E-state index in [0.29, 0.717) is 12.5 Å². The number of alkyl halides is 3. The van der Waals surface area contributed by atoms with Gasteiger partial charge in [0.05, 0.1) is 18.7 Å². The fraction of sp³-hybridized carbons (Fsp3) is 0.579. The van der Waals surface area contributed by atoms with Crippen LogP contribution in [0.25, 0.3) is 0 Å². The molecule has 1 aromatic rings. The third-order valence-electron chi connectivity index (χ3n) is 4.82. The number of primary amides is 1. The lowest BCUT2D eigenvalue weighted by Crippen LogP contribution is -2.40. The maximum Gasteiger partial charge on any atom is 0.416 e. The van der Waals surface area contributed by atoms with Crippen LogP contribution in [0.15, 0.2) is 24.3 Å². The number of hydrogen-bond donors (Lipinski definition) is 2. The SMILES string of the molecule is NC(=O)CN(CCC1CCCCC1)CC(=O)Nc1ccc(C(F)(F)F)cc1. The topological polar surface area (TPSA) is 75.4 Å². The van der Waals surface area contributed by atoms with E-state index < -0.39 is 17.6 Å². The third kappa shape index (κ3) is 7.58. The van der Waals surface area contributed by atoms with Crippen molar-refractivity contribution in [2.75, 3.05) is 25.0 Å². The van der Waals surface area contributed by atoms with Crippen molar-refractivity contribution in [1.82, 2.24) is 4.90 Å². The summed E-state index contributed by atoms with van der Waals surface area (Å²) in [6.07, 6.45) is 2.52. The molecule has 0 unspecified atom stereocenters. The van der Waals surface area contributed by atoms with Gasteiger partial charge in [-0.05, 0) is 43.1 Å². The maximum atomic E-state index is 12.6. The molecule has 1 saturated carbocycles. The van der Waals surface area contributed by atoms with E-state index in [1.54, 1.807) is 4.90 Å². The molecule has 5 nitrogen and oxygen atoms in total. The number of carbonyl (C=O) groups is 2. The van der Waals surface area contributed by atoms with Gasteiger partial charge in [0.2, 0.25) is 11.8 Å². The van der Waals surface area contributed by atoms with E-state index in [4.69, 9.17) is 5.73 Å². The van der Waals surface area contributed by atoms with Crippen LogP contribution in [0.4, 0.5) is 18.9 Å². The number of hydrogen-bond acceptors (Lipinski definition) is 3. The van der Waals surface area contributed by atoms with Gasteiger partial charge in [-0.3, -0.25) is 14.5 Å². The Balaban J connectivity index is 1.87. The molecule has 1 aliphatic carbocycles. The van der Waals surface area contributed by atoms with Gasteiger partial charge in [-0.1, -0.05) is 32.1 Å². The Morgan fingerprint density at radius 2 is 1.70 bits per heavy atom. The molecule has 1 fully saturated rings. The van der Waals surface area contributed by atoms with Crippen molar-refractivity contribution in [3.05, 3.63) is 29.8 Å². The maximum absolute atomic E-state index is 12.6. The van der Waals surface area contributed by atoms with Gasteiger partial charge >= 0.3 is 6.18 Å². The molecular weight excluding hydrogens is 359 g/mol. The zero-order chi connectivity index (χ0) is 19.9. The number of nitrogens with two attached hydrogens (primary N) is 1. The number of nitrogens with one attached hydrogen (secondary N) is 1. The second kappa shape index (κ2) is 9.73. The van der Waals surface area contributed by atoms with Gasteiger partial charge in [-0.25, -0.2) is 0 Å². The summed E-state index contributed by atoms with van der Waals surface area (Å²) in [6.45, 7) is 0.540. The van der Waals surface area contributed by atoms with Crippen LogP contribution in [0.2, 0.25) is 0 Å². The van der Waals surface area contributed by atoms with Gasteiger partial charge < -0.3 is 11.1 Å². The molecule has 3 N–H and O–H groups in total. The Kier molecular flexibility index (Phi) is 7.65. The molecule has 2 rings (SSSR count). The van der Waals surface area contributed by atoms with Crippen molar-refractivity contribution in [2.45, 2.75) is 44.7 Å². The minimum absolute atomic E-state index is 0.0207. The lowest BCUT2D eigenvalue weighted by molar-refractivity contribution is -0.137. The van der Waals surface area contributed by atoms with Crippen LogP contribution < -0.4 is 11.1 Å². The van der Waals surface area contributed by atoms with Crippen molar-refractivity contribution >= 4 is 17.5 Å². The lowest BCUT2D eigenvalue weighted by atomic mass is 9.87. The van der Waals surface area contributed by atoms with Crippen molar-refractivity contribution in [3.8, 4) is 0 Å². The molecule has 0 aliphatic heterocycles.